The Morgan fingerprint density at radius 1 is 1.30 bits per heavy atom. The average molecular weight is 283 g/mol. The summed E-state index contributed by atoms with van der Waals surface area (Å²) in [4.78, 5) is 27.4. The zero-order valence-corrected chi connectivity index (χ0v) is 12.2. The fourth-order valence-corrected chi connectivity index (χ4v) is 3.12. The summed E-state index contributed by atoms with van der Waals surface area (Å²) in [6, 6.07) is -0.538. The maximum atomic E-state index is 12.1. The van der Waals surface area contributed by atoms with Crippen molar-refractivity contribution in [1.82, 2.24) is 15.1 Å². The monoisotopic (exact) mass is 283 g/mol. The van der Waals surface area contributed by atoms with Gasteiger partial charge in [-0.2, -0.15) is 0 Å². The topological polar surface area (TPSA) is 72.9 Å². The number of hydrogen-bond donors (Lipinski definition) is 2. The van der Waals surface area contributed by atoms with Gasteiger partial charge in [-0.3, -0.25) is 4.90 Å². The van der Waals surface area contributed by atoms with Crippen molar-refractivity contribution in [1.29, 1.82) is 0 Å². The van der Waals surface area contributed by atoms with Crippen LogP contribution in [0.1, 0.15) is 39.0 Å². The summed E-state index contributed by atoms with van der Waals surface area (Å²) in [5, 5.41) is 11.7. The molecule has 2 amide bonds. The summed E-state index contributed by atoms with van der Waals surface area (Å²) >= 11 is 0. The number of aliphatic carboxylic acids is 1. The summed E-state index contributed by atoms with van der Waals surface area (Å²) in [6.07, 6.45) is 4.72. The Balaban J connectivity index is 1.82. The molecule has 6 nitrogen and oxygen atoms in total. The van der Waals surface area contributed by atoms with Gasteiger partial charge >= 0.3 is 12.0 Å². The number of nitrogens with zero attached hydrogens (tertiary/aromatic N) is 2. The Hall–Kier alpha value is -1.30. The van der Waals surface area contributed by atoms with E-state index in [1.807, 2.05) is 6.92 Å². The highest BCUT2D eigenvalue weighted by Gasteiger charge is 2.32. The lowest BCUT2D eigenvalue weighted by molar-refractivity contribution is -0.139. The fourth-order valence-electron chi connectivity index (χ4n) is 3.12. The van der Waals surface area contributed by atoms with E-state index in [2.05, 4.69) is 10.2 Å². The molecule has 2 aliphatic rings. The van der Waals surface area contributed by atoms with Crippen LogP contribution in [0.15, 0.2) is 0 Å². The molecule has 2 heterocycles. The van der Waals surface area contributed by atoms with Crippen LogP contribution in [-0.4, -0.2) is 65.2 Å². The minimum absolute atomic E-state index is 0.229. The van der Waals surface area contributed by atoms with Crippen LogP contribution in [0.5, 0.6) is 0 Å². The summed E-state index contributed by atoms with van der Waals surface area (Å²) in [6.45, 7) is 5.64. The Morgan fingerprint density at radius 3 is 2.60 bits per heavy atom. The number of nitrogens with one attached hydrogen (secondary N) is 1. The van der Waals surface area contributed by atoms with E-state index in [0.717, 1.165) is 39.0 Å². The first-order valence-electron chi connectivity index (χ1n) is 7.64. The van der Waals surface area contributed by atoms with Crippen LogP contribution < -0.4 is 5.32 Å². The highest BCUT2D eigenvalue weighted by atomic mass is 16.4. The van der Waals surface area contributed by atoms with Gasteiger partial charge in [0.25, 0.3) is 0 Å². The molecule has 2 atom stereocenters. The minimum atomic E-state index is -0.949. The molecular formula is C14H25N3O3. The van der Waals surface area contributed by atoms with Gasteiger partial charge in [0.05, 0.1) is 0 Å². The number of urea groups is 1. The first-order chi connectivity index (χ1) is 9.61. The molecule has 2 aliphatic heterocycles. The molecule has 2 rings (SSSR count). The number of carbonyl (C=O) groups is 2. The molecule has 0 aromatic carbocycles. The highest BCUT2D eigenvalue weighted by Crippen LogP contribution is 2.20. The third-order valence-corrected chi connectivity index (χ3v) is 4.28. The number of amides is 2. The largest absolute Gasteiger partial charge is 0.480 e. The first kappa shape index (κ1) is 15.1. The lowest BCUT2D eigenvalue weighted by atomic mass is 10.2. The molecule has 0 saturated carbocycles. The summed E-state index contributed by atoms with van der Waals surface area (Å²) in [5.41, 5.74) is 0. The van der Waals surface area contributed by atoms with Gasteiger partial charge in [0.15, 0.2) is 0 Å². The molecule has 0 aliphatic carbocycles. The minimum Gasteiger partial charge on any atom is -0.480 e. The predicted octanol–water partition coefficient (Wildman–Crippen LogP) is 1.12. The van der Waals surface area contributed by atoms with Crippen LogP contribution in [0.4, 0.5) is 4.79 Å². The van der Waals surface area contributed by atoms with Crippen molar-refractivity contribution in [3.63, 3.8) is 0 Å². The average Bonchev–Trinajstić information content (AvgIpc) is 3.08. The molecule has 0 spiro atoms. The zero-order valence-electron chi connectivity index (χ0n) is 12.2. The van der Waals surface area contributed by atoms with Gasteiger partial charge in [-0.05, 0) is 38.8 Å². The van der Waals surface area contributed by atoms with Gasteiger partial charge in [0.1, 0.15) is 6.04 Å². The second-order valence-corrected chi connectivity index (χ2v) is 5.76. The molecule has 114 valence electrons. The van der Waals surface area contributed by atoms with Crippen molar-refractivity contribution in [2.45, 2.75) is 51.1 Å². The Morgan fingerprint density at radius 2 is 2.00 bits per heavy atom. The van der Waals surface area contributed by atoms with E-state index in [-0.39, 0.29) is 6.03 Å². The van der Waals surface area contributed by atoms with Gasteiger partial charge < -0.3 is 15.3 Å². The maximum absolute atomic E-state index is 12.1. The molecule has 0 aromatic rings. The van der Waals surface area contributed by atoms with Crippen molar-refractivity contribution < 1.29 is 14.7 Å². The standard InChI is InChI=1S/C14H25N3O3/c1-2-5-12(13(18)19)15-14(20)17-9-6-11(10-17)16-7-3-4-8-16/h11-12H,2-10H2,1H3,(H,15,20)(H,18,19)/t11?,12-/m1/s1. The molecule has 20 heavy (non-hydrogen) atoms. The number of carboxylic acids is 1. The molecule has 2 fully saturated rings. The van der Waals surface area contributed by atoms with Crippen molar-refractivity contribution in [2.75, 3.05) is 26.2 Å². The van der Waals surface area contributed by atoms with Crippen molar-refractivity contribution >= 4 is 12.0 Å². The Bertz CT molecular complexity index is 356. The zero-order chi connectivity index (χ0) is 14.5. The van der Waals surface area contributed by atoms with E-state index in [1.165, 1.54) is 12.8 Å². The number of likely N-dealkylation sites (tertiary alicyclic amines) is 2. The molecule has 0 bridgehead atoms. The number of rotatable bonds is 5. The van der Waals surface area contributed by atoms with Gasteiger partial charge in [-0.25, -0.2) is 9.59 Å². The van der Waals surface area contributed by atoms with E-state index in [4.69, 9.17) is 5.11 Å². The lowest BCUT2D eigenvalue weighted by Gasteiger charge is -2.24. The van der Waals surface area contributed by atoms with Gasteiger partial charge in [-0.15, -0.1) is 0 Å². The number of hydrogen-bond acceptors (Lipinski definition) is 3. The van der Waals surface area contributed by atoms with E-state index < -0.39 is 12.0 Å². The van der Waals surface area contributed by atoms with Gasteiger partial charge in [0.2, 0.25) is 0 Å². The quantitative estimate of drug-likeness (QED) is 0.793. The smallest absolute Gasteiger partial charge is 0.326 e. The van der Waals surface area contributed by atoms with Crippen LogP contribution in [0.3, 0.4) is 0 Å². The van der Waals surface area contributed by atoms with Crippen molar-refractivity contribution in [3.8, 4) is 0 Å². The molecule has 2 N–H and O–H groups in total. The van der Waals surface area contributed by atoms with Crippen LogP contribution >= 0.6 is 0 Å². The lowest BCUT2D eigenvalue weighted by Crippen LogP contribution is -2.48. The van der Waals surface area contributed by atoms with E-state index >= 15 is 0 Å². The highest BCUT2D eigenvalue weighted by molar-refractivity contribution is 5.82. The summed E-state index contributed by atoms with van der Waals surface area (Å²) < 4.78 is 0. The van der Waals surface area contributed by atoms with Crippen molar-refractivity contribution in [2.24, 2.45) is 0 Å². The number of carboxylic acid groups (broad SMARTS) is 1. The predicted molar refractivity (Wildman–Crippen MR) is 75.6 cm³/mol. The summed E-state index contributed by atoms with van der Waals surface area (Å²) in [5.74, 6) is -0.949. The molecule has 1 unspecified atom stereocenters. The number of carbonyl (C=O) groups excluding carboxylic acids is 1. The molecule has 0 radical (unpaired) electrons. The van der Waals surface area contributed by atoms with Crippen LogP contribution in [0.2, 0.25) is 0 Å². The van der Waals surface area contributed by atoms with Gasteiger partial charge in [-0.1, -0.05) is 13.3 Å². The van der Waals surface area contributed by atoms with Crippen LogP contribution in [-0.2, 0) is 4.79 Å². The second-order valence-electron chi connectivity index (χ2n) is 5.76. The fraction of sp³-hybridized carbons (Fsp3) is 0.857. The van der Waals surface area contributed by atoms with Crippen LogP contribution in [0.25, 0.3) is 0 Å². The molecule has 6 heteroatoms. The normalized spacial score (nSPS) is 24.9. The molecule has 0 aromatic heterocycles. The van der Waals surface area contributed by atoms with Gasteiger partial charge in [0, 0.05) is 19.1 Å². The second kappa shape index (κ2) is 6.92. The van der Waals surface area contributed by atoms with Crippen molar-refractivity contribution in [3.05, 3.63) is 0 Å². The molecule has 2 saturated heterocycles. The summed E-state index contributed by atoms with van der Waals surface area (Å²) in [7, 11) is 0. The third-order valence-electron chi connectivity index (χ3n) is 4.28. The first-order valence-corrected chi connectivity index (χ1v) is 7.64. The Kier molecular flexibility index (Phi) is 5.23. The third kappa shape index (κ3) is 3.62. The Labute approximate surface area is 120 Å². The van der Waals surface area contributed by atoms with E-state index in [1.54, 1.807) is 4.90 Å². The van der Waals surface area contributed by atoms with Crippen LogP contribution in [0, 0.1) is 0 Å². The molecular weight excluding hydrogens is 258 g/mol. The van der Waals surface area contributed by atoms with E-state index in [0.29, 0.717) is 12.5 Å². The maximum Gasteiger partial charge on any atom is 0.326 e. The SMILES string of the molecule is CCC[C@@H](NC(=O)N1CCC(N2CCCC2)C1)C(=O)O. The van der Waals surface area contributed by atoms with E-state index in [9.17, 15) is 9.59 Å².